The zero-order valence-corrected chi connectivity index (χ0v) is 11.2. The Morgan fingerprint density at radius 2 is 2.22 bits per heavy atom. The lowest BCUT2D eigenvalue weighted by atomic mass is 10.1. The van der Waals surface area contributed by atoms with Crippen molar-refractivity contribution in [1.29, 1.82) is 0 Å². The van der Waals surface area contributed by atoms with E-state index in [1.165, 1.54) is 19.2 Å². The van der Waals surface area contributed by atoms with E-state index in [0.29, 0.717) is 6.42 Å². The van der Waals surface area contributed by atoms with E-state index in [1.807, 2.05) is 6.92 Å². The lowest BCUT2D eigenvalue weighted by Crippen LogP contribution is -2.28. The number of ether oxygens (including phenoxy) is 2. The van der Waals surface area contributed by atoms with E-state index < -0.39 is 17.9 Å². The smallest absolute Gasteiger partial charge is 0.347 e. The van der Waals surface area contributed by atoms with Gasteiger partial charge < -0.3 is 9.47 Å². The van der Waals surface area contributed by atoms with Crippen LogP contribution < -0.4 is 4.74 Å². The van der Waals surface area contributed by atoms with Gasteiger partial charge in [0, 0.05) is 6.07 Å². The second-order valence-corrected chi connectivity index (χ2v) is 4.25. The minimum absolute atomic E-state index is 0.0190. The third-order valence-electron chi connectivity index (χ3n) is 2.45. The van der Waals surface area contributed by atoms with E-state index in [4.69, 9.17) is 16.3 Å². The predicted molar refractivity (Wildman–Crippen MR) is 67.4 cm³/mol. The fraction of sp³-hybridized carbons (Fsp3) is 0.462. The van der Waals surface area contributed by atoms with Crippen molar-refractivity contribution in [3.05, 3.63) is 29.0 Å². The fourth-order valence-electron chi connectivity index (χ4n) is 1.46. The lowest BCUT2D eigenvalue weighted by molar-refractivity contribution is -0.149. The summed E-state index contributed by atoms with van der Waals surface area (Å²) in [6.07, 6.45) is 1.59. The van der Waals surface area contributed by atoms with Crippen molar-refractivity contribution >= 4 is 17.6 Å². The van der Waals surface area contributed by atoms with Crippen molar-refractivity contribution < 1.29 is 18.7 Å². The summed E-state index contributed by atoms with van der Waals surface area (Å²) < 4.78 is 23.3. The number of esters is 1. The van der Waals surface area contributed by atoms with Crippen molar-refractivity contribution in [1.82, 2.24) is 0 Å². The topological polar surface area (TPSA) is 35.5 Å². The molecule has 1 rings (SSSR count). The number of rotatable bonds is 6. The van der Waals surface area contributed by atoms with Gasteiger partial charge in [-0.1, -0.05) is 24.9 Å². The molecule has 0 N–H and O–H groups in total. The van der Waals surface area contributed by atoms with Gasteiger partial charge in [-0.15, -0.1) is 0 Å². The summed E-state index contributed by atoms with van der Waals surface area (Å²) in [6, 6.07) is 4.07. The quantitative estimate of drug-likeness (QED) is 0.744. The monoisotopic (exact) mass is 274 g/mol. The maximum absolute atomic E-state index is 13.2. The van der Waals surface area contributed by atoms with Gasteiger partial charge >= 0.3 is 5.97 Å². The molecule has 0 radical (unpaired) electrons. The Morgan fingerprint density at radius 3 is 2.78 bits per heavy atom. The van der Waals surface area contributed by atoms with E-state index in [-0.39, 0.29) is 10.8 Å². The molecule has 1 aromatic rings. The molecule has 18 heavy (non-hydrogen) atoms. The molecule has 1 atom stereocenters. The highest BCUT2D eigenvalue weighted by Gasteiger charge is 2.20. The number of benzene rings is 1. The molecule has 0 bridgehead atoms. The molecule has 0 aliphatic rings. The molecular weight excluding hydrogens is 259 g/mol. The summed E-state index contributed by atoms with van der Waals surface area (Å²) >= 11 is 5.57. The van der Waals surface area contributed by atoms with Crippen LogP contribution in [0.3, 0.4) is 0 Å². The average molecular weight is 275 g/mol. The first-order valence-corrected chi connectivity index (χ1v) is 6.15. The van der Waals surface area contributed by atoms with E-state index in [9.17, 15) is 9.18 Å². The van der Waals surface area contributed by atoms with Crippen molar-refractivity contribution in [2.75, 3.05) is 7.11 Å². The molecular formula is C13H16ClFO3. The number of unbranched alkanes of at least 4 members (excludes halogenated alkanes) is 1. The molecule has 0 aliphatic carbocycles. The van der Waals surface area contributed by atoms with Crippen molar-refractivity contribution in [2.45, 2.75) is 32.3 Å². The van der Waals surface area contributed by atoms with Crippen molar-refractivity contribution in [2.24, 2.45) is 0 Å². The number of methoxy groups -OCH3 is 1. The molecule has 0 saturated carbocycles. The van der Waals surface area contributed by atoms with Crippen LogP contribution in [0.1, 0.15) is 26.2 Å². The summed E-state index contributed by atoms with van der Waals surface area (Å²) in [7, 11) is 1.30. The first-order chi connectivity index (χ1) is 8.58. The normalized spacial score (nSPS) is 12.0. The van der Waals surface area contributed by atoms with Crippen LogP contribution in [0, 0.1) is 5.82 Å². The summed E-state index contributed by atoms with van der Waals surface area (Å²) in [4.78, 5) is 11.5. The van der Waals surface area contributed by atoms with Crippen LogP contribution in [0.4, 0.5) is 4.39 Å². The standard InChI is InChI=1S/C13H16ClFO3/c1-3-4-5-12(13(16)17-2)18-9-6-7-10(14)11(15)8-9/h6-8,12H,3-5H2,1-2H3. The van der Waals surface area contributed by atoms with Gasteiger partial charge in [0.15, 0.2) is 6.10 Å². The van der Waals surface area contributed by atoms with Crippen LogP contribution in [0.2, 0.25) is 5.02 Å². The van der Waals surface area contributed by atoms with Gasteiger partial charge in [-0.3, -0.25) is 0 Å². The number of carbonyl (C=O) groups is 1. The molecule has 1 unspecified atom stereocenters. The van der Waals surface area contributed by atoms with Crippen LogP contribution >= 0.6 is 11.6 Å². The molecule has 0 heterocycles. The lowest BCUT2D eigenvalue weighted by Gasteiger charge is -2.16. The number of halogens is 2. The molecule has 0 spiro atoms. The second-order valence-electron chi connectivity index (χ2n) is 3.85. The summed E-state index contributed by atoms with van der Waals surface area (Å²) in [5, 5.41) is 0.0190. The Balaban J connectivity index is 2.75. The Labute approximate surface area is 111 Å². The van der Waals surface area contributed by atoms with Crippen LogP contribution in [-0.2, 0) is 9.53 Å². The molecule has 0 aliphatic heterocycles. The summed E-state index contributed by atoms with van der Waals surface area (Å²) in [6.45, 7) is 2.01. The molecule has 0 fully saturated rings. The Morgan fingerprint density at radius 1 is 1.50 bits per heavy atom. The van der Waals surface area contributed by atoms with Gasteiger partial charge in [0.2, 0.25) is 0 Å². The van der Waals surface area contributed by atoms with Crippen LogP contribution in [-0.4, -0.2) is 19.2 Å². The summed E-state index contributed by atoms with van der Waals surface area (Å²) in [5.74, 6) is -0.768. The van der Waals surface area contributed by atoms with E-state index >= 15 is 0 Å². The second kappa shape index (κ2) is 7.21. The predicted octanol–water partition coefficient (Wildman–Crippen LogP) is 3.59. The van der Waals surface area contributed by atoms with Gasteiger partial charge in [0.25, 0.3) is 0 Å². The maximum Gasteiger partial charge on any atom is 0.347 e. The van der Waals surface area contributed by atoms with Gasteiger partial charge in [-0.2, -0.15) is 0 Å². The third kappa shape index (κ3) is 4.18. The minimum atomic E-state index is -0.712. The van der Waals surface area contributed by atoms with E-state index in [2.05, 4.69) is 4.74 Å². The molecule has 5 heteroatoms. The van der Waals surface area contributed by atoms with E-state index in [1.54, 1.807) is 0 Å². The number of hydrogen-bond acceptors (Lipinski definition) is 3. The number of hydrogen-bond donors (Lipinski definition) is 0. The van der Waals surface area contributed by atoms with Gasteiger partial charge in [0.05, 0.1) is 12.1 Å². The highest BCUT2D eigenvalue weighted by molar-refractivity contribution is 6.30. The summed E-state index contributed by atoms with van der Waals surface area (Å²) in [5.41, 5.74) is 0. The maximum atomic E-state index is 13.2. The SMILES string of the molecule is CCCCC(Oc1ccc(Cl)c(F)c1)C(=O)OC. The molecule has 100 valence electrons. The molecule has 1 aromatic carbocycles. The van der Waals surface area contributed by atoms with Crippen LogP contribution in [0.5, 0.6) is 5.75 Å². The largest absolute Gasteiger partial charge is 0.479 e. The van der Waals surface area contributed by atoms with Gasteiger partial charge in [-0.25, -0.2) is 9.18 Å². The van der Waals surface area contributed by atoms with Crippen molar-refractivity contribution in [3.8, 4) is 5.75 Å². The van der Waals surface area contributed by atoms with E-state index in [0.717, 1.165) is 18.9 Å². The first-order valence-electron chi connectivity index (χ1n) is 5.78. The third-order valence-corrected chi connectivity index (χ3v) is 2.76. The van der Waals surface area contributed by atoms with Gasteiger partial charge in [-0.05, 0) is 25.0 Å². The molecule has 0 aromatic heterocycles. The minimum Gasteiger partial charge on any atom is -0.479 e. The fourth-order valence-corrected chi connectivity index (χ4v) is 1.58. The van der Waals surface area contributed by atoms with Crippen molar-refractivity contribution in [3.63, 3.8) is 0 Å². The number of carbonyl (C=O) groups excluding carboxylic acids is 1. The first kappa shape index (κ1) is 14.8. The van der Waals surface area contributed by atoms with Crippen LogP contribution in [0.25, 0.3) is 0 Å². The van der Waals surface area contributed by atoms with Gasteiger partial charge in [0.1, 0.15) is 11.6 Å². The Hall–Kier alpha value is -1.29. The Bertz CT molecular complexity index is 409. The highest BCUT2D eigenvalue weighted by Crippen LogP contribution is 2.22. The zero-order valence-electron chi connectivity index (χ0n) is 10.4. The zero-order chi connectivity index (χ0) is 13.5. The molecule has 0 amide bonds. The van der Waals surface area contributed by atoms with Crippen LogP contribution in [0.15, 0.2) is 18.2 Å². The Kier molecular flexibility index (Phi) is 5.92. The molecule has 3 nitrogen and oxygen atoms in total. The highest BCUT2D eigenvalue weighted by atomic mass is 35.5. The molecule has 0 saturated heterocycles. The average Bonchev–Trinajstić information content (AvgIpc) is 2.37.